The Hall–Kier alpha value is -4.62. The second kappa shape index (κ2) is 17.3. The molecule has 52 heavy (non-hydrogen) atoms. The van der Waals surface area contributed by atoms with Gasteiger partial charge in [-0.15, -0.1) is 0 Å². The maximum absolute atomic E-state index is 14.5. The molecule has 0 aromatic heterocycles. The van der Waals surface area contributed by atoms with Gasteiger partial charge in [-0.05, 0) is 124 Å². The highest BCUT2D eigenvalue weighted by molar-refractivity contribution is 6.06. The number of likely N-dealkylation sites (tertiary alicyclic amines) is 1. The predicted octanol–water partition coefficient (Wildman–Crippen LogP) is 8.36. The molecule has 7 nitrogen and oxygen atoms in total. The number of aryl methyl sites for hydroxylation is 2. The summed E-state index contributed by atoms with van der Waals surface area (Å²) in [7, 11) is 4.93. The third-order valence-corrected chi connectivity index (χ3v) is 11.5. The van der Waals surface area contributed by atoms with E-state index in [0.717, 1.165) is 93.3 Å². The molecule has 1 amide bonds. The Morgan fingerprint density at radius 2 is 1.44 bits per heavy atom. The van der Waals surface area contributed by atoms with E-state index in [1.54, 1.807) is 21.3 Å². The maximum Gasteiger partial charge on any atom is 0.220 e. The zero-order chi connectivity index (χ0) is 36.4. The number of carbonyl (C=O) groups excluding carboxylic acids is 2. The number of ketones is 1. The molecule has 0 bridgehead atoms. The van der Waals surface area contributed by atoms with Gasteiger partial charge in [-0.3, -0.25) is 14.5 Å². The number of Topliss-reactive ketones (excluding diaryl/α,β-unsaturated/α-hetero) is 1. The molecule has 1 heterocycles. The summed E-state index contributed by atoms with van der Waals surface area (Å²) in [5.74, 6) is 2.41. The van der Waals surface area contributed by atoms with E-state index in [0.29, 0.717) is 30.9 Å². The minimum Gasteiger partial charge on any atom is -0.497 e. The van der Waals surface area contributed by atoms with Crippen LogP contribution in [0.1, 0.15) is 90.4 Å². The molecule has 0 saturated carbocycles. The van der Waals surface area contributed by atoms with Gasteiger partial charge in [-0.1, -0.05) is 72.8 Å². The fourth-order valence-corrected chi connectivity index (χ4v) is 8.71. The number of fused-ring (bicyclic) bond motifs is 1. The van der Waals surface area contributed by atoms with Gasteiger partial charge in [0, 0.05) is 23.9 Å². The molecule has 4 aromatic rings. The van der Waals surface area contributed by atoms with Crippen LogP contribution in [0.5, 0.6) is 17.2 Å². The van der Waals surface area contributed by atoms with Crippen LogP contribution in [0.2, 0.25) is 0 Å². The van der Waals surface area contributed by atoms with Gasteiger partial charge in [0.15, 0.2) is 17.3 Å². The molecule has 1 atom stereocenters. The smallest absolute Gasteiger partial charge is 0.220 e. The number of methoxy groups -OCH3 is 3. The summed E-state index contributed by atoms with van der Waals surface area (Å²) < 4.78 is 16.4. The van der Waals surface area contributed by atoms with Gasteiger partial charge in [0.1, 0.15) is 5.75 Å². The second-order valence-corrected chi connectivity index (χ2v) is 14.4. The molecule has 1 N–H and O–H groups in total. The molecule has 2 aliphatic rings. The first-order chi connectivity index (χ1) is 25.4. The van der Waals surface area contributed by atoms with Crippen LogP contribution in [-0.2, 0) is 23.1 Å². The van der Waals surface area contributed by atoms with Gasteiger partial charge < -0.3 is 19.5 Å². The molecule has 6 rings (SSSR count). The lowest BCUT2D eigenvalue weighted by Gasteiger charge is -2.49. The van der Waals surface area contributed by atoms with Crippen molar-refractivity contribution in [2.24, 2.45) is 0 Å². The zero-order valence-corrected chi connectivity index (χ0v) is 31.1. The lowest BCUT2D eigenvalue weighted by Crippen LogP contribution is -2.59. The van der Waals surface area contributed by atoms with E-state index in [2.05, 4.69) is 70.9 Å². The van der Waals surface area contributed by atoms with Crippen LogP contribution < -0.4 is 19.5 Å². The minimum absolute atomic E-state index is 0.0750. The Morgan fingerprint density at radius 1 is 0.788 bits per heavy atom. The number of amides is 1. The normalized spacial score (nSPS) is 17.4. The summed E-state index contributed by atoms with van der Waals surface area (Å²) in [5, 5.41) is 3.20. The largest absolute Gasteiger partial charge is 0.497 e. The number of rotatable bonds is 16. The van der Waals surface area contributed by atoms with E-state index in [1.807, 2.05) is 36.4 Å². The monoisotopic (exact) mass is 702 g/mol. The van der Waals surface area contributed by atoms with E-state index >= 15 is 0 Å². The third-order valence-electron chi connectivity index (χ3n) is 11.5. The van der Waals surface area contributed by atoms with Crippen molar-refractivity contribution >= 4 is 11.7 Å². The Bertz CT molecular complexity index is 1740. The SMILES string of the molecule is COc1ccc(CCC(=O)NCCCC(CCCN2CCCCC23CCc2cc(OC)c(OC)cc2C3=O)(c2ccccc2)c2ccccc2)cc1. The van der Waals surface area contributed by atoms with Crippen LogP contribution in [0.15, 0.2) is 97.1 Å². The molecule has 274 valence electrons. The van der Waals surface area contributed by atoms with Gasteiger partial charge in [-0.2, -0.15) is 0 Å². The quantitative estimate of drug-likeness (QED) is 0.118. The highest BCUT2D eigenvalue weighted by atomic mass is 16.5. The van der Waals surface area contributed by atoms with Crippen molar-refractivity contribution in [3.63, 3.8) is 0 Å². The van der Waals surface area contributed by atoms with Crippen molar-refractivity contribution in [2.75, 3.05) is 41.0 Å². The minimum atomic E-state index is -0.483. The van der Waals surface area contributed by atoms with Crippen LogP contribution in [0, 0.1) is 0 Å². The number of ether oxygens (including phenoxy) is 3. The fraction of sp³-hybridized carbons (Fsp3) is 0.422. The standard InChI is InChI=1S/C45H54N2O5/c1-50-38-21-18-34(19-22-38)20-23-42(48)46-29-12-25-44(36-14-6-4-7-15-36,37-16-8-5-9-17-37)26-13-31-47-30-11-10-27-45(47)28-24-35-32-40(51-2)41(52-3)33-39(35)43(45)49/h4-9,14-19,21-22,32-33H,10-13,20,23-31H2,1-3H3,(H,46,48). The highest BCUT2D eigenvalue weighted by Gasteiger charge is 2.48. The number of carbonyl (C=O) groups is 2. The number of nitrogens with zero attached hydrogens (tertiary/aromatic N) is 1. The molecule has 1 unspecified atom stereocenters. The molecule has 4 aromatic carbocycles. The summed E-state index contributed by atoms with van der Waals surface area (Å²) in [6.07, 6.45) is 9.53. The number of hydrogen-bond acceptors (Lipinski definition) is 6. The van der Waals surface area contributed by atoms with E-state index in [4.69, 9.17) is 14.2 Å². The predicted molar refractivity (Wildman–Crippen MR) is 207 cm³/mol. The van der Waals surface area contributed by atoms with Gasteiger partial charge >= 0.3 is 0 Å². The van der Waals surface area contributed by atoms with Crippen molar-refractivity contribution in [2.45, 2.75) is 81.6 Å². The first-order valence-corrected chi connectivity index (χ1v) is 19.0. The Labute approximate surface area is 309 Å². The van der Waals surface area contributed by atoms with Crippen LogP contribution >= 0.6 is 0 Å². The lowest BCUT2D eigenvalue weighted by molar-refractivity contribution is -0.121. The summed E-state index contributed by atoms with van der Waals surface area (Å²) in [6.45, 7) is 2.42. The van der Waals surface area contributed by atoms with Crippen molar-refractivity contribution in [1.29, 1.82) is 0 Å². The van der Waals surface area contributed by atoms with E-state index in [-0.39, 0.29) is 17.1 Å². The van der Waals surface area contributed by atoms with Crippen LogP contribution in [0.3, 0.4) is 0 Å². The van der Waals surface area contributed by atoms with E-state index in [1.165, 1.54) is 11.1 Å². The number of hydrogen-bond donors (Lipinski definition) is 1. The Kier molecular flexibility index (Phi) is 12.3. The molecule has 1 fully saturated rings. The van der Waals surface area contributed by atoms with E-state index in [9.17, 15) is 9.59 Å². The van der Waals surface area contributed by atoms with Gasteiger partial charge in [-0.25, -0.2) is 0 Å². The molecule has 0 radical (unpaired) electrons. The average Bonchev–Trinajstić information content (AvgIpc) is 3.20. The van der Waals surface area contributed by atoms with Crippen LogP contribution in [0.4, 0.5) is 0 Å². The maximum atomic E-state index is 14.5. The summed E-state index contributed by atoms with van der Waals surface area (Å²) >= 11 is 0. The molecule has 1 spiro atoms. The highest BCUT2D eigenvalue weighted by Crippen LogP contribution is 2.45. The van der Waals surface area contributed by atoms with Gasteiger partial charge in [0.2, 0.25) is 5.91 Å². The topological polar surface area (TPSA) is 77.1 Å². The number of nitrogens with one attached hydrogen (secondary N) is 1. The molecule has 1 aliphatic heterocycles. The summed E-state index contributed by atoms with van der Waals surface area (Å²) in [6, 6.07) is 33.5. The molecule has 1 aliphatic carbocycles. The second-order valence-electron chi connectivity index (χ2n) is 14.4. The molecular formula is C45H54N2O5. The van der Waals surface area contributed by atoms with Gasteiger partial charge in [0.05, 0.1) is 26.9 Å². The Morgan fingerprint density at radius 3 is 2.10 bits per heavy atom. The number of benzene rings is 4. The molecule has 1 saturated heterocycles. The summed E-state index contributed by atoms with van der Waals surface area (Å²) in [5.41, 5.74) is 4.84. The van der Waals surface area contributed by atoms with Gasteiger partial charge in [0.25, 0.3) is 0 Å². The van der Waals surface area contributed by atoms with Crippen molar-refractivity contribution < 1.29 is 23.8 Å². The molecular weight excluding hydrogens is 649 g/mol. The van der Waals surface area contributed by atoms with Crippen molar-refractivity contribution in [1.82, 2.24) is 10.2 Å². The summed E-state index contributed by atoms with van der Waals surface area (Å²) in [4.78, 5) is 29.9. The van der Waals surface area contributed by atoms with Crippen molar-refractivity contribution in [3.8, 4) is 17.2 Å². The first kappa shape index (κ1) is 37.1. The van der Waals surface area contributed by atoms with Crippen LogP contribution in [0.25, 0.3) is 0 Å². The first-order valence-electron chi connectivity index (χ1n) is 19.0. The van der Waals surface area contributed by atoms with E-state index < -0.39 is 5.54 Å². The zero-order valence-electron chi connectivity index (χ0n) is 31.1. The fourth-order valence-electron chi connectivity index (χ4n) is 8.71. The van der Waals surface area contributed by atoms with Crippen molar-refractivity contribution in [3.05, 3.63) is 125 Å². The number of piperidine rings is 1. The molecule has 7 heteroatoms. The van der Waals surface area contributed by atoms with Crippen LogP contribution in [-0.4, -0.2) is 63.1 Å². The average molecular weight is 703 g/mol. The lowest BCUT2D eigenvalue weighted by atomic mass is 9.68. The third kappa shape index (κ3) is 8.05. The Balaban J connectivity index is 1.17.